The summed E-state index contributed by atoms with van der Waals surface area (Å²) in [6.07, 6.45) is 1.00. The number of aliphatic carboxylic acids is 1. The van der Waals surface area contributed by atoms with Crippen molar-refractivity contribution in [2.75, 3.05) is 0 Å². The molecule has 0 radical (unpaired) electrons. The van der Waals surface area contributed by atoms with Gasteiger partial charge in [-0.05, 0) is 31.0 Å². The predicted octanol–water partition coefficient (Wildman–Crippen LogP) is 1.68. The average molecular weight is 251 g/mol. The van der Waals surface area contributed by atoms with Crippen molar-refractivity contribution in [2.45, 2.75) is 32.7 Å². The second-order valence-electron chi connectivity index (χ2n) is 4.17. The maximum absolute atomic E-state index is 11.8. The van der Waals surface area contributed by atoms with Gasteiger partial charge in [-0.2, -0.15) is 0 Å². The first kappa shape index (κ1) is 14.0. The number of phenolic OH excluding ortho intramolecular Hbond substituents is 1. The third-order valence-corrected chi connectivity index (χ3v) is 2.58. The van der Waals surface area contributed by atoms with Gasteiger partial charge in [-0.25, -0.2) is 4.79 Å². The molecule has 0 bridgehead atoms. The van der Waals surface area contributed by atoms with E-state index in [-0.39, 0.29) is 11.3 Å². The summed E-state index contributed by atoms with van der Waals surface area (Å²) in [6, 6.07) is 3.70. The number of nitrogens with one attached hydrogen (secondary N) is 1. The molecule has 98 valence electrons. The van der Waals surface area contributed by atoms with Crippen LogP contribution in [-0.4, -0.2) is 28.1 Å². The lowest BCUT2D eigenvalue weighted by Crippen LogP contribution is -2.40. The summed E-state index contributed by atoms with van der Waals surface area (Å²) in [4.78, 5) is 22.8. The molecule has 1 amide bonds. The standard InChI is InChI=1S/C13H17NO4/c1-3-4-10(13(17)18)14-12(16)9-6-5-8(2)7-11(9)15/h5-7,10,15H,3-4H2,1-2H3,(H,14,16)(H,17,18)/t10-/m1/s1. The Morgan fingerprint density at radius 1 is 1.39 bits per heavy atom. The van der Waals surface area contributed by atoms with Crippen molar-refractivity contribution in [1.82, 2.24) is 5.32 Å². The van der Waals surface area contributed by atoms with Crippen LogP contribution < -0.4 is 5.32 Å². The highest BCUT2D eigenvalue weighted by Gasteiger charge is 2.21. The molecular weight excluding hydrogens is 234 g/mol. The van der Waals surface area contributed by atoms with Gasteiger partial charge < -0.3 is 15.5 Å². The highest BCUT2D eigenvalue weighted by molar-refractivity contribution is 5.98. The van der Waals surface area contributed by atoms with E-state index in [2.05, 4.69) is 5.32 Å². The molecule has 0 heterocycles. The summed E-state index contributed by atoms with van der Waals surface area (Å²) in [5.41, 5.74) is 0.912. The minimum absolute atomic E-state index is 0.0861. The van der Waals surface area contributed by atoms with Gasteiger partial charge in [0.05, 0.1) is 5.56 Å². The topological polar surface area (TPSA) is 86.6 Å². The number of carboxylic acids is 1. The molecule has 3 N–H and O–H groups in total. The fourth-order valence-corrected chi connectivity index (χ4v) is 1.62. The Hall–Kier alpha value is -2.04. The minimum Gasteiger partial charge on any atom is -0.507 e. The van der Waals surface area contributed by atoms with Crippen LogP contribution >= 0.6 is 0 Å². The zero-order valence-electron chi connectivity index (χ0n) is 10.4. The van der Waals surface area contributed by atoms with E-state index in [0.717, 1.165) is 5.56 Å². The van der Waals surface area contributed by atoms with Gasteiger partial charge in [-0.3, -0.25) is 4.79 Å². The summed E-state index contributed by atoms with van der Waals surface area (Å²) in [6.45, 7) is 3.63. The molecule has 1 aromatic carbocycles. The van der Waals surface area contributed by atoms with E-state index in [1.807, 2.05) is 6.92 Å². The third-order valence-electron chi connectivity index (χ3n) is 2.58. The number of hydrogen-bond acceptors (Lipinski definition) is 3. The molecule has 0 aliphatic heterocycles. The Bertz CT molecular complexity index is 456. The summed E-state index contributed by atoms with van der Waals surface area (Å²) in [7, 11) is 0. The van der Waals surface area contributed by atoms with Crippen LogP contribution in [0.5, 0.6) is 5.75 Å². The highest BCUT2D eigenvalue weighted by atomic mass is 16.4. The third kappa shape index (κ3) is 3.48. The summed E-state index contributed by atoms with van der Waals surface area (Å²) < 4.78 is 0. The van der Waals surface area contributed by atoms with Crippen LogP contribution in [0.15, 0.2) is 18.2 Å². The molecule has 0 spiro atoms. The number of rotatable bonds is 5. The van der Waals surface area contributed by atoms with E-state index >= 15 is 0 Å². The SMILES string of the molecule is CCC[C@@H](NC(=O)c1ccc(C)cc1O)C(=O)O. The Balaban J connectivity index is 2.83. The van der Waals surface area contributed by atoms with Gasteiger partial charge in [-0.15, -0.1) is 0 Å². The van der Waals surface area contributed by atoms with Gasteiger partial charge in [0.15, 0.2) is 0 Å². The van der Waals surface area contributed by atoms with Crippen LogP contribution in [0.4, 0.5) is 0 Å². The number of carboxylic acid groups (broad SMARTS) is 1. The molecule has 18 heavy (non-hydrogen) atoms. The summed E-state index contributed by atoms with van der Waals surface area (Å²) >= 11 is 0. The number of phenols is 1. The normalized spacial score (nSPS) is 11.9. The van der Waals surface area contributed by atoms with Crippen molar-refractivity contribution in [1.29, 1.82) is 0 Å². The lowest BCUT2D eigenvalue weighted by Gasteiger charge is -2.14. The molecular formula is C13H17NO4. The van der Waals surface area contributed by atoms with Crippen LogP contribution in [0.25, 0.3) is 0 Å². The molecule has 0 saturated carbocycles. The average Bonchev–Trinajstić information content (AvgIpc) is 2.27. The van der Waals surface area contributed by atoms with Crippen LogP contribution in [0.2, 0.25) is 0 Å². The van der Waals surface area contributed by atoms with E-state index < -0.39 is 17.9 Å². The summed E-state index contributed by atoms with van der Waals surface area (Å²) in [5.74, 6) is -1.79. The fourth-order valence-electron chi connectivity index (χ4n) is 1.62. The Morgan fingerprint density at radius 3 is 2.56 bits per heavy atom. The van der Waals surface area contributed by atoms with Crippen molar-refractivity contribution >= 4 is 11.9 Å². The number of aryl methyl sites for hydroxylation is 1. The van der Waals surface area contributed by atoms with Gasteiger partial charge in [0.2, 0.25) is 0 Å². The minimum atomic E-state index is -1.07. The van der Waals surface area contributed by atoms with Gasteiger partial charge >= 0.3 is 5.97 Å². The number of aromatic hydroxyl groups is 1. The first-order chi connectivity index (χ1) is 8.45. The number of benzene rings is 1. The molecule has 0 fully saturated rings. The van der Waals surface area contributed by atoms with E-state index in [1.165, 1.54) is 12.1 Å². The molecule has 0 aliphatic rings. The Morgan fingerprint density at radius 2 is 2.06 bits per heavy atom. The second-order valence-corrected chi connectivity index (χ2v) is 4.17. The molecule has 5 nitrogen and oxygen atoms in total. The quantitative estimate of drug-likeness (QED) is 0.743. The van der Waals surface area contributed by atoms with Gasteiger partial charge in [-0.1, -0.05) is 19.4 Å². The molecule has 1 rings (SSSR count). The van der Waals surface area contributed by atoms with Crippen molar-refractivity contribution in [2.24, 2.45) is 0 Å². The lowest BCUT2D eigenvalue weighted by molar-refractivity contribution is -0.139. The number of carbonyl (C=O) groups is 2. The monoisotopic (exact) mass is 251 g/mol. The van der Waals surface area contributed by atoms with Crippen molar-refractivity contribution in [3.63, 3.8) is 0 Å². The molecule has 1 aromatic rings. The largest absolute Gasteiger partial charge is 0.507 e. The number of carbonyl (C=O) groups excluding carboxylic acids is 1. The molecule has 5 heteroatoms. The van der Waals surface area contributed by atoms with Crippen LogP contribution in [0.3, 0.4) is 0 Å². The molecule has 1 atom stereocenters. The van der Waals surface area contributed by atoms with Gasteiger partial charge in [0.25, 0.3) is 5.91 Å². The summed E-state index contributed by atoms with van der Waals surface area (Å²) in [5, 5.41) is 21.0. The van der Waals surface area contributed by atoms with Crippen LogP contribution in [0, 0.1) is 6.92 Å². The molecule has 0 saturated heterocycles. The van der Waals surface area contributed by atoms with E-state index in [9.17, 15) is 14.7 Å². The molecule has 0 aliphatic carbocycles. The zero-order chi connectivity index (χ0) is 13.7. The van der Waals surface area contributed by atoms with Gasteiger partial charge in [0, 0.05) is 0 Å². The van der Waals surface area contributed by atoms with E-state index in [4.69, 9.17) is 5.11 Å². The fraction of sp³-hybridized carbons (Fsp3) is 0.385. The first-order valence-electron chi connectivity index (χ1n) is 5.79. The van der Waals surface area contributed by atoms with Crippen molar-refractivity contribution in [3.8, 4) is 5.75 Å². The second kappa shape index (κ2) is 6.05. The maximum atomic E-state index is 11.8. The zero-order valence-corrected chi connectivity index (χ0v) is 10.4. The first-order valence-corrected chi connectivity index (χ1v) is 5.79. The highest BCUT2D eigenvalue weighted by Crippen LogP contribution is 2.18. The van der Waals surface area contributed by atoms with Gasteiger partial charge in [0.1, 0.15) is 11.8 Å². The Kier molecular flexibility index (Phi) is 4.71. The van der Waals surface area contributed by atoms with E-state index in [0.29, 0.717) is 12.8 Å². The Labute approximate surface area is 105 Å². The molecule has 0 unspecified atom stereocenters. The predicted molar refractivity (Wildman–Crippen MR) is 66.6 cm³/mol. The lowest BCUT2D eigenvalue weighted by atomic mass is 10.1. The number of amides is 1. The number of hydrogen-bond donors (Lipinski definition) is 3. The maximum Gasteiger partial charge on any atom is 0.326 e. The smallest absolute Gasteiger partial charge is 0.326 e. The van der Waals surface area contributed by atoms with E-state index in [1.54, 1.807) is 13.0 Å². The molecule has 0 aromatic heterocycles. The van der Waals surface area contributed by atoms with Crippen LogP contribution in [0.1, 0.15) is 35.7 Å². The van der Waals surface area contributed by atoms with Crippen LogP contribution in [-0.2, 0) is 4.79 Å². The van der Waals surface area contributed by atoms with Crippen molar-refractivity contribution < 1.29 is 19.8 Å². The van der Waals surface area contributed by atoms with Crippen molar-refractivity contribution in [3.05, 3.63) is 29.3 Å².